The lowest BCUT2D eigenvalue weighted by molar-refractivity contribution is 0.395. The minimum atomic E-state index is -3.53. The zero-order valence-electron chi connectivity index (χ0n) is 13.3. The lowest BCUT2D eigenvalue weighted by Gasteiger charge is -2.24. The molecule has 2 aromatic rings. The standard InChI is InChI=1S/C17H20N2O3S/c1-13-12-15(5-6-17(13)22-2)23(20,21)19-11-3-4-16(19)14-7-9-18-10-8-14/h5-10,12,16H,3-4,11H2,1-2H3/t16-/m0/s1. The van der Waals surface area contributed by atoms with Crippen LogP contribution in [0.3, 0.4) is 0 Å². The van der Waals surface area contributed by atoms with Crippen molar-refractivity contribution in [1.29, 1.82) is 0 Å². The van der Waals surface area contributed by atoms with E-state index in [1.54, 1.807) is 42.0 Å². The van der Waals surface area contributed by atoms with Crippen LogP contribution in [0.4, 0.5) is 0 Å². The molecule has 1 aromatic carbocycles. The number of methoxy groups -OCH3 is 1. The third-order valence-corrected chi connectivity index (χ3v) is 6.17. The summed E-state index contributed by atoms with van der Waals surface area (Å²) in [7, 11) is -1.95. The van der Waals surface area contributed by atoms with Crippen LogP contribution < -0.4 is 4.74 Å². The molecule has 1 aliphatic rings. The zero-order valence-corrected chi connectivity index (χ0v) is 14.1. The Morgan fingerprint density at radius 1 is 1.22 bits per heavy atom. The fourth-order valence-corrected chi connectivity index (χ4v) is 4.86. The first-order valence-corrected chi connectivity index (χ1v) is 9.04. The van der Waals surface area contributed by atoms with E-state index in [-0.39, 0.29) is 6.04 Å². The molecule has 0 amide bonds. The molecule has 1 fully saturated rings. The van der Waals surface area contributed by atoms with Crippen LogP contribution in [-0.2, 0) is 10.0 Å². The van der Waals surface area contributed by atoms with Gasteiger partial charge in [0.05, 0.1) is 18.0 Å². The summed E-state index contributed by atoms with van der Waals surface area (Å²) in [6.07, 6.45) is 5.10. The van der Waals surface area contributed by atoms with Gasteiger partial charge in [-0.1, -0.05) is 0 Å². The number of hydrogen-bond donors (Lipinski definition) is 0. The van der Waals surface area contributed by atoms with Crippen molar-refractivity contribution in [1.82, 2.24) is 9.29 Å². The van der Waals surface area contributed by atoms with E-state index >= 15 is 0 Å². The Hall–Kier alpha value is -1.92. The number of aromatic nitrogens is 1. The van der Waals surface area contributed by atoms with Crippen LogP contribution in [0.15, 0.2) is 47.6 Å². The Morgan fingerprint density at radius 2 is 1.96 bits per heavy atom. The van der Waals surface area contributed by atoms with Gasteiger partial charge >= 0.3 is 0 Å². The fraction of sp³-hybridized carbons (Fsp3) is 0.353. The van der Waals surface area contributed by atoms with E-state index in [0.717, 1.165) is 24.0 Å². The normalized spacial score (nSPS) is 19.0. The smallest absolute Gasteiger partial charge is 0.243 e. The molecule has 0 radical (unpaired) electrons. The summed E-state index contributed by atoms with van der Waals surface area (Å²) < 4.78 is 32.9. The van der Waals surface area contributed by atoms with Gasteiger partial charge < -0.3 is 4.74 Å². The molecule has 0 saturated carbocycles. The molecule has 0 aliphatic carbocycles. The summed E-state index contributed by atoms with van der Waals surface area (Å²) in [4.78, 5) is 4.33. The average molecular weight is 332 g/mol. The maximum absolute atomic E-state index is 13.0. The molecule has 1 aromatic heterocycles. The van der Waals surface area contributed by atoms with Crippen molar-refractivity contribution in [3.05, 3.63) is 53.9 Å². The lowest BCUT2D eigenvalue weighted by Crippen LogP contribution is -2.30. The van der Waals surface area contributed by atoms with Gasteiger partial charge in [0, 0.05) is 18.9 Å². The molecule has 0 spiro atoms. The quantitative estimate of drug-likeness (QED) is 0.864. The van der Waals surface area contributed by atoms with Crippen LogP contribution in [0.25, 0.3) is 0 Å². The highest BCUT2D eigenvalue weighted by molar-refractivity contribution is 7.89. The van der Waals surface area contributed by atoms with Crippen molar-refractivity contribution in [3.63, 3.8) is 0 Å². The molecule has 0 N–H and O–H groups in total. The van der Waals surface area contributed by atoms with Crippen molar-refractivity contribution < 1.29 is 13.2 Å². The Morgan fingerprint density at radius 3 is 2.61 bits per heavy atom. The summed E-state index contributed by atoms with van der Waals surface area (Å²) in [6, 6.07) is 8.65. The highest BCUT2D eigenvalue weighted by atomic mass is 32.2. The first-order valence-electron chi connectivity index (χ1n) is 7.60. The molecule has 6 heteroatoms. The molecule has 122 valence electrons. The Balaban J connectivity index is 1.97. The van der Waals surface area contributed by atoms with Crippen LogP contribution >= 0.6 is 0 Å². The lowest BCUT2D eigenvalue weighted by atomic mass is 10.1. The van der Waals surface area contributed by atoms with E-state index in [1.807, 2.05) is 19.1 Å². The molecule has 2 heterocycles. The molecule has 0 unspecified atom stereocenters. The maximum atomic E-state index is 13.0. The topological polar surface area (TPSA) is 59.5 Å². The van der Waals surface area contributed by atoms with Crippen molar-refractivity contribution >= 4 is 10.0 Å². The van der Waals surface area contributed by atoms with Gasteiger partial charge in [-0.05, 0) is 61.2 Å². The summed E-state index contributed by atoms with van der Waals surface area (Å²) in [5.41, 5.74) is 1.81. The number of pyridine rings is 1. The third-order valence-electron chi connectivity index (χ3n) is 4.27. The average Bonchev–Trinajstić information content (AvgIpc) is 3.06. The van der Waals surface area contributed by atoms with Gasteiger partial charge in [0.2, 0.25) is 10.0 Å². The summed E-state index contributed by atoms with van der Waals surface area (Å²) in [5.74, 6) is 0.691. The monoisotopic (exact) mass is 332 g/mol. The number of sulfonamides is 1. The second-order valence-corrected chi connectivity index (χ2v) is 7.58. The molecule has 1 saturated heterocycles. The number of aryl methyl sites for hydroxylation is 1. The predicted molar refractivity (Wildman–Crippen MR) is 87.8 cm³/mol. The van der Waals surface area contributed by atoms with Crippen molar-refractivity contribution in [2.24, 2.45) is 0 Å². The van der Waals surface area contributed by atoms with Gasteiger partial charge in [0.1, 0.15) is 5.75 Å². The second kappa shape index (κ2) is 6.29. The molecule has 1 aliphatic heterocycles. The second-order valence-electron chi connectivity index (χ2n) is 5.69. The fourth-order valence-electron chi connectivity index (χ4n) is 3.09. The van der Waals surface area contributed by atoms with E-state index < -0.39 is 10.0 Å². The minimum absolute atomic E-state index is 0.120. The molecular weight excluding hydrogens is 312 g/mol. The number of nitrogens with zero attached hydrogens (tertiary/aromatic N) is 2. The first-order chi connectivity index (χ1) is 11.0. The van der Waals surface area contributed by atoms with E-state index in [9.17, 15) is 8.42 Å². The van der Waals surface area contributed by atoms with Gasteiger partial charge in [-0.15, -0.1) is 0 Å². The first kappa shape index (κ1) is 16.0. The Labute approximate surface area is 137 Å². The molecular formula is C17H20N2O3S. The number of ether oxygens (including phenoxy) is 1. The van der Waals surface area contributed by atoms with E-state index in [2.05, 4.69) is 4.98 Å². The van der Waals surface area contributed by atoms with Gasteiger partial charge in [0.15, 0.2) is 0 Å². The molecule has 5 nitrogen and oxygen atoms in total. The van der Waals surface area contributed by atoms with Crippen molar-refractivity contribution in [2.75, 3.05) is 13.7 Å². The maximum Gasteiger partial charge on any atom is 0.243 e. The van der Waals surface area contributed by atoms with E-state index in [0.29, 0.717) is 17.2 Å². The highest BCUT2D eigenvalue weighted by Crippen LogP contribution is 2.36. The van der Waals surface area contributed by atoms with Crippen LogP contribution in [0.2, 0.25) is 0 Å². The van der Waals surface area contributed by atoms with Crippen molar-refractivity contribution in [2.45, 2.75) is 30.7 Å². The summed E-state index contributed by atoms with van der Waals surface area (Å²) in [6.45, 7) is 2.39. The minimum Gasteiger partial charge on any atom is -0.496 e. The van der Waals surface area contributed by atoms with Gasteiger partial charge in [-0.2, -0.15) is 4.31 Å². The number of rotatable bonds is 4. The van der Waals surface area contributed by atoms with E-state index in [1.165, 1.54) is 0 Å². The SMILES string of the molecule is COc1ccc(S(=O)(=O)N2CCC[C@H]2c2ccncc2)cc1C. The van der Waals surface area contributed by atoms with Gasteiger partial charge in [-0.3, -0.25) is 4.98 Å². The molecule has 3 rings (SSSR count). The van der Waals surface area contributed by atoms with Crippen molar-refractivity contribution in [3.8, 4) is 5.75 Å². The van der Waals surface area contributed by atoms with Crippen LogP contribution in [0.1, 0.15) is 30.0 Å². The van der Waals surface area contributed by atoms with Gasteiger partial charge in [-0.25, -0.2) is 8.42 Å². The Kier molecular flexibility index (Phi) is 4.37. The van der Waals surface area contributed by atoms with Crippen LogP contribution in [-0.4, -0.2) is 31.4 Å². The molecule has 1 atom stereocenters. The largest absolute Gasteiger partial charge is 0.496 e. The highest BCUT2D eigenvalue weighted by Gasteiger charge is 2.36. The van der Waals surface area contributed by atoms with Crippen LogP contribution in [0.5, 0.6) is 5.75 Å². The molecule has 0 bridgehead atoms. The third kappa shape index (κ3) is 2.96. The van der Waals surface area contributed by atoms with Gasteiger partial charge in [0.25, 0.3) is 0 Å². The zero-order chi connectivity index (χ0) is 16.4. The predicted octanol–water partition coefficient (Wildman–Crippen LogP) is 2.92. The number of hydrogen-bond acceptors (Lipinski definition) is 4. The summed E-state index contributed by atoms with van der Waals surface area (Å²) >= 11 is 0. The molecule has 23 heavy (non-hydrogen) atoms. The summed E-state index contributed by atoms with van der Waals surface area (Å²) in [5, 5.41) is 0. The van der Waals surface area contributed by atoms with Crippen LogP contribution in [0, 0.1) is 6.92 Å². The van der Waals surface area contributed by atoms with E-state index in [4.69, 9.17) is 4.74 Å². The Bertz CT molecular complexity index is 791. The number of benzene rings is 1.